The number of anilines is 1. The molecule has 2 aliphatic rings. The van der Waals surface area contributed by atoms with Gasteiger partial charge in [0.05, 0.1) is 5.69 Å². The van der Waals surface area contributed by atoms with E-state index >= 15 is 0 Å². The van der Waals surface area contributed by atoms with Crippen molar-refractivity contribution in [2.75, 3.05) is 18.8 Å². The summed E-state index contributed by atoms with van der Waals surface area (Å²) in [5.41, 5.74) is 9.32. The molecule has 5 rings (SSSR count). The molecule has 0 aliphatic carbocycles. The van der Waals surface area contributed by atoms with Crippen molar-refractivity contribution < 1.29 is 0 Å². The molecule has 2 atom stereocenters. The molecule has 2 bridgehead atoms. The van der Waals surface area contributed by atoms with Gasteiger partial charge in [-0.25, -0.2) is 9.97 Å². The highest BCUT2D eigenvalue weighted by Crippen LogP contribution is 2.36. The second-order valence-corrected chi connectivity index (χ2v) is 8.00. The van der Waals surface area contributed by atoms with Crippen molar-refractivity contribution in [3.05, 3.63) is 74.8 Å². The van der Waals surface area contributed by atoms with E-state index in [1.807, 2.05) is 10.6 Å². The van der Waals surface area contributed by atoms with Crippen LogP contribution < -0.4 is 16.9 Å². The molecular formula is C21H22N6O2. The molecule has 3 N–H and O–H groups in total. The second-order valence-electron chi connectivity index (χ2n) is 8.00. The Morgan fingerprint density at radius 2 is 2.00 bits per heavy atom. The number of hydrogen-bond acceptors (Lipinski definition) is 6. The summed E-state index contributed by atoms with van der Waals surface area (Å²) in [5, 5.41) is 0. The fourth-order valence-corrected chi connectivity index (χ4v) is 4.66. The van der Waals surface area contributed by atoms with Crippen molar-refractivity contribution in [3.8, 4) is 11.3 Å². The Morgan fingerprint density at radius 1 is 1.10 bits per heavy atom. The van der Waals surface area contributed by atoms with E-state index in [4.69, 9.17) is 5.73 Å². The molecule has 1 fully saturated rings. The maximum atomic E-state index is 12.8. The minimum Gasteiger partial charge on any atom is -0.384 e. The van der Waals surface area contributed by atoms with Crippen LogP contribution in [0.1, 0.15) is 23.6 Å². The summed E-state index contributed by atoms with van der Waals surface area (Å²) >= 11 is 0. The van der Waals surface area contributed by atoms with E-state index in [1.54, 1.807) is 24.4 Å². The smallest absolute Gasteiger partial charge is 0.251 e. The number of likely N-dealkylation sites (tertiary alicyclic amines) is 1. The average molecular weight is 390 g/mol. The van der Waals surface area contributed by atoms with Crippen LogP contribution in [0, 0.1) is 5.92 Å². The van der Waals surface area contributed by atoms with Gasteiger partial charge in [0, 0.05) is 67.8 Å². The number of piperidine rings is 1. The predicted octanol–water partition coefficient (Wildman–Crippen LogP) is 1.20. The first-order valence-electron chi connectivity index (χ1n) is 9.78. The SMILES string of the molecule is Nc1cc(-c2cc3n(c(=O)c2)C[C@H]2C[C@@H]3CN(Cc3ccc(=O)[nH]c3)C2)ncn1. The van der Waals surface area contributed by atoms with Gasteiger partial charge in [-0.1, -0.05) is 6.07 Å². The largest absolute Gasteiger partial charge is 0.384 e. The van der Waals surface area contributed by atoms with Crippen molar-refractivity contribution >= 4 is 5.82 Å². The summed E-state index contributed by atoms with van der Waals surface area (Å²) in [6.07, 6.45) is 4.28. The highest BCUT2D eigenvalue weighted by Gasteiger charge is 2.34. The molecule has 8 heteroatoms. The third-order valence-corrected chi connectivity index (χ3v) is 5.87. The summed E-state index contributed by atoms with van der Waals surface area (Å²) in [6, 6.07) is 8.85. The number of hydrogen-bond donors (Lipinski definition) is 2. The van der Waals surface area contributed by atoms with Gasteiger partial charge in [0.1, 0.15) is 12.1 Å². The standard InChI is InChI=1S/C21H22N6O2/c22-19-6-17(24-12-25-19)15-4-18-16-3-14(10-27(18)21(29)5-15)9-26(11-16)8-13-1-2-20(28)23-7-13/h1-2,4-7,12,14,16H,3,8-11H2,(H,23,28)(H2,22,24,25)/t14-,16+/m0/s1. The Kier molecular flexibility index (Phi) is 4.28. The Morgan fingerprint density at radius 3 is 2.79 bits per heavy atom. The number of nitrogens with one attached hydrogen (secondary N) is 1. The molecule has 5 heterocycles. The van der Waals surface area contributed by atoms with Crippen molar-refractivity contribution in [2.45, 2.75) is 25.4 Å². The molecule has 0 amide bonds. The molecule has 0 aromatic carbocycles. The second kappa shape index (κ2) is 6.97. The third-order valence-electron chi connectivity index (χ3n) is 5.87. The Bertz CT molecular complexity index is 1160. The number of H-pyrrole nitrogens is 1. The van der Waals surface area contributed by atoms with Crippen LogP contribution in [0.3, 0.4) is 0 Å². The number of fused-ring (bicyclic) bond motifs is 4. The predicted molar refractivity (Wildman–Crippen MR) is 109 cm³/mol. The molecule has 29 heavy (non-hydrogen) atoms. The zero-order valence-electron chi connectivity index (χ0n) is 15.9. The summed E-state index contributed by atoms with van der Waals surface area (Å²) in [6.45, 7) is 3.35. The Labute approximate surface area is 167 Å². The molecule has 0 radical (unpaired) electrons. The minimum atomic E-state index is -0.0875. The quantitative estimate of drug-likeness (QED) is 0.695. The van der Waals surface area contributed by atoms with Gasteiger partial charge in [-0.05, 0) is 24.0 Å². The van der Waals surface area contributed by atoms with Gasteiger partial charge in [-0.3, -0.25) is 14.5 Å². The van der Waals surface area contributed by atoms with Gasteiger partial charge < -0.3 is 15.3 Å². The van der Waals surface area contributed by atoms with E-state index in [2.05, 4.69) is 25.9 Å². The summed E-state index contributed by atoms with van der Waals surface area (Å²) in [5.74, 6) is 1.12. The summed E-state index contributed by atoms with van der Waals surface area (Å²) in [4.78, 5) is 37.5. The molecule has 148 valence electrons. The van der Waals surface area contributed by atoms with Crippen molar-refractivity contribution in [3.63, 3.8) is 0 Å². The first-order valence-corrected chi connectivity index (χ1v) is 9.78. The van der Waals surface area contributed by atoms with Gasteiger partial charge in [-0.2, -0.15) is 0 Å². The number of aromatic amines is 1. The number of aromatic nitrogens is 4. The van der Waals surface area contributed by atoms with Gasteiger partial charge in [0.25, 0.3) is 5.56 Å². The van der Waals surface area contributed by atoms with Gasteiger partial charge >= 0.3 is 0 Å². The van der Waals surface area contributed by atoms with E-state index in [-0.39, 0.29) is 17.0 Å². The van der Waals surface area contributed by atoms with Crippen LogP contribution in [0.2, 0.25) is 0 Å². The van der Waals surface area contributed by atoms with Gasteiger partial charge in [0.15, 0.2) is 0 Å². The van der Waals surface area contributed by atoms with Crippen molar-refractivity contribution in [1.29, 1.82) is 0 Å². The van der Waals surface area contributed by atoms with Gasteiger partial charge in [0.2, 0.25) is 5.56 Å². The monoisotopic (exact) mass is 390 g/mol. The molecular weight excluding hydrogens is 368 g/mol. The Hall–Kier alpha value is -3.26. The zero-order chi connectivity index (χ0) is 20.0. The normalized spacial score (nSPS) is 21.0. The topological polar surface area (TPSA) is 110 Å². The Balaban J connectivity index is 1.45. The molecule has 3 aromatic rings. The first-order chi connectivity index (χ1) is 14.0. The van der Waals surface area contributed by atoms with Crippen molar-refractivity contribution in [1.82, 2.24) is 24.4 Å². The first kappa shape index (κ1) is 17.8. The highest BCUT2D eigenvalue weighted by molar-refractivity contribution is 5.61. The molecule has 2 aliphatic heterocycles. The fraction of sp³-hybridized carbons (Fsp3) is 0.333. The average Bonchev–Trinajstić information content (AvgIpc) is 2.70. The number of pyridine rings is 2. The number of nitrogen functional groups attached to an aromatic ring is 1. The maximum Gasteiger partial charge on any atom is 0.251 e. The molecule has 0 unspecified atom stereocenters. The lowest BCUT2D eigenvalue weighted by Crippen LogP contribution is -2.46. The van der Waals surface area contributed by atoms with Crippen LogP contribution in [0.4, 0.5) is 5.82 Å². The van der Waals surface area contributed by atoms with Crippen LogP contribution in [0.15, 0.2) is 52.4 Å². The molecule has 8 nitrogen and oxygen atoms in total. The minimum absolute atomic E-state index is 0.0125. The lowest BCUT2D eigenvalue weighted by atomic mass is 9.82. The van der Waals surface area contributed by atoms with E-state index in [1.165, 1.54) is 6.33 Å². The molecule has 1 saturated heterocycles. The summed E-state index contributed by atoms with van der Waals surface area (Å²) in [7, 11) is 0. The van der Waals surface area contributed by atoms with E-state index < -0.39 is 0 Å². The maximum absolute atomic E-state index is 12.8. The van der Waals surface area contributed by atoms with Crippen LogP contribution in [-0.4, -0.2) is 37.5 Å². The third kappa shape index (κ3) is 3.47. The number of rotatable bonds is 3. The molecule has 0 saturated carbocycles. The van der Waals surface area contributed by atoms with E-state index in [9.17, 15) is 9.59 Å². The molecule has 3 aromatic heterocycles. The van der Waals surface area contributed by atoms with E-state index in [0.717, 1.165) is 49.4 Å². The number of nitrogens with two attached hydrogens (primary N) is 1. The zero-order valence-corrected chi connectivity index (χ0v) is 15.9. The lowest BCUT2D eigenvalue weighted by molar-refractivity contribution is 0.114. The summed E-state index contributed by atoms with van der Waals surface area (Å²) < 4.78 is 1.92. The highest BCUT2D eigenvalue weighted by atomic mass is 16.1. The number of nitrogens with zero attached hydrogens (tertiary/aromatic N) is 4. The van der Waals surface area contributed by atoms with Crippen LogP contribution in [-0.2, 0) is 13.1 Å². The van der Waals surface area contributed by atoms with Crippen LogP contribution in [0.25, 0.3) is 11.3 Å². The van der Waals surface area contributed by atoms with Crippen LogP contribution in [0.5, 0.6) is 0 Å². The lowest BCUT2D eigenvalue weighted by Gasteiger charge is -2.43. The fourth-order valence-electron chi connectivity index (χ4n) is 4.66. The molecule has 0 spiro atoms. The van der Waals surface area contributed by atoms with Crippen LogP contribution >= 0.6 is 0 Å². The van der Waals surface area contributed by atoms with Gasteiger partial charge in [-0.15, -0.1) is 0 Å². The van der Waals surface area contributed by atoms with Crippen molar-refractivity contribution in [2.24, 2.45) is 5.92 Å². The van der Waals surface area contributed by atoms with E-state index in [0.29, 0.717) is 17.4 Å².